The first-order valence-electron chi connectivity index (χ1n) is 11.2. The molecule has 0 spiro atoms. The van der Waals surface area contributed by atoms with Crippen molar-refractivity contribution in [3.63, 3.8) is 0 Å². The quantitative estimate of drug-likeness (QED) is 0.330. The van der Waals surface area contributed by atoms with Crippen molar-refractivity contribution < 1.29 is 9.26 Å². The SMILES string of the molecule is CCNC(=NCc1ccnc(N2CCOC(C)C2)c1)N1CCN(Cc2ccon2)CC1.I. The van der Waals surface area contributed by atoms with Gasteiger partial charge in [0.1, 0.15) is 12.1 Å². The Morgan fingerprint density at radius 1 is 1.22 bits per heavy atom. The number of hydrogen-bond acceptors (Lipinski definition) is 7. The third kappa shape index (κ3) is 6.79. The fourth-order valence-corrected chi connectivity index (χ4v) is 4.02. The molecule has 2 aromatic rings. The summed E-state index contributed by atoms with van der Waals surface area (Å²) in [5.74, 6) is 1.98. The zero-order valence-electron chi connectivity index (χ0n) is 18.9. The zero-order valence-corrected chi connectivity index (χ0v) is 21.3. The molecule has 10 heteroatoms. The highest BCUT2D eigenvalue weighted by atomic mass is 127. The molecule has 1 N–H and O–H groups in total. The fraction of sp³-hybridized carbons (Fsp3) is 0.591. The second kappa shape index (κ2) is 12.4. The van der Waals surface area contributed by atoms with Gasteiger partial charge in [0.15, 0.2) is 5.96 Å². The molecular formula is C22H34IN7O2. The molecule has 4 heterocycles. The molecule has 0 amide bonds. The molecule has 0 aromatic carbocycles. The average Bonchev–Trinajstić information content (AvgIpc) is 3.31. The highest BCUT2D eigenvalue weighted by Crippen LogP contribution is 2.17. The minimum Gasteiger partial charge on any atom is -0.375 e. The van der Waals surface area contributed by atoms with Gasteiger partial charge in [0.25, 0.3) is 0 Å². The number of rotatable bonds is 6. The molecule has 0 aliphatic carbocycles. The molecule has 32 heavy (non-hydrogen) atoms. The number of pyridine rings is 1. The molecule has 2 saturated heterocycles. The van der Waals surface area contributed by atoms with Gasteiger partial charge in [-0.2, -0.15) is 0 Å². The number of nitrogens with one attached hydrogen (secondary N) is 1. The van der Waals surface area contributed by atoms with Crippen molar-refractivity contribution in [1.82, 2.24) is 25.3 Å². The standard InChI is InChI=1S/C22H33N7O2.HI/c1-3-23-22(28-9-7-27(8-10-28)17-20-5-12-31-26-20)25-15-19-4-6-24-21(14-19)29-11-13-30-18(2)16-29;/h4-6,12,14,18H,3,7-11,13,15-17H2,1-2H3,(H,23,25);1H. The first kappa shape index (κ1) is 24.7. The Balaban J connectivity index is 0.00000289. The number of nitrogens with zero attached hydrogens (tertiary/aromatic N) is 6. The largest absolute Gasteiger partial charge is 0.375 e. The molecule has 0 saturated carbocycles. The van der Waals surface area contributed by atoms with Crippen LogP contribution in [-0.2, 0) is 17.8 Å². The van der Waals surface area contributed by atoms with E-state index in [9.17, 15) is 0 Å². The van der Waals surface area contributed by atoms with Crippen molar-refractivity contribution in [2.45, 2.75) is 33.0 Å². The first-order valence-corrected chi connectivity index (χ1v) is 11.2. The summed E-state index contributed by atoms with van der Waals surface area (Å²) >= 11 is 0. The Bertz CT molecular complexity index is 841. The predicted molar refractivity (Wildman–Crippen MR) is 135 cm³/mol. The lowest BCUT2D eigenvalue weighted by Gasteiger charge is -2.36. The van der Waals surface area contributed by atoms with Crippen LogP contribution >= 0.6 is 24.0 Å². The van der Waals surface area contributed by atoms with E-state index in [0.29, 0.717) is 6.54 Å². The minimum absolute atomic E-state index is 0. The highest BCUT2D eigenvalue weighted by Gasteiger charge is 2.21. The van der Waals surface area contributed by atoms with Crippen molar-refractivity contribution in [3.8, 4) is 0 Å². The number of anilines is 1. The van der Waals surface area contributed by atoms with E-state index in [0.717, 1.165) is 76.4 Å². The monoisotopic (exact) mass is 555 g/mol. The van der Waals surface area contributed by atoms with Crippen molar-refractivity contribution in [1.29, 1.82) is 0 Å². The smallest absolute Gasteiger partial charge is 0.194 e. The van der Waals surface area contributed by atoms with Gasteiger partial charge in [-0.25, -0.2) is 9.98 Å². The second-order valence-electron chi connectivity index (χ2n) is 8.07. The molecule has 176 valence electrons. The van der Waals surface area contributed by atoms with Gasteiger partial charge in [-0.15, -0.1) is 24.0 Å². The number of hydrogen-bond donors (Lipinski definition) is 1. The van der Waals surface area contributed by atoms with Crippen LogP contribution in [0, 0.1) is 0 Å². The Hall–Kier alpha value is -1.92. The number of ether oxygens (including phenoxy) is 1. The molecular weight excluding hydrogens is 521 g/mol. The maximum absolute atomic E-state index is 5.65. The Morgan fingerprint density at radius 3 is 2.78 bits per heavy atom. The highest BCUT2D eigenvalue weighted by molar-refractivity contribution is 14.0. The molecule has 2 aliphatic rings. The van der Waals surface area contributed by atoms with Gasteiger partial charge in [0.05, 0.1) is 24.9 Å². The lowest BCUT2D eigenvalue weighted by Crippen LogP contribution is -2.52. The lowest BCUT2D eigenvalue weighted by atomic mass is 10.2. The fourth-order valence-electron chi connectivity index (χ4n) is 4.02. The van der Waals surface area contributed by atoms with Gasteiger partial charge in [-0.3, -0.25) is 4.90 Å². The Morgan fingerprint density at radius 2 is 2.06 bits per heavy atom. The lowest BCUT2D eigenvalue weighted by molar-refractivity contribution is 0.0529. The van der Waals surface area contributed by atoms with Crippen molar-refractivity contribution in [2.24, 2.45) is 4.99 Å². The molecule has 1 atom stereocenters. The maximum Gasteiger partial charge on any atom is 0.194 e. The topological polar surface area (TPSA) is 82.3 Å². The number of halogens is 1. The summed E-state index contributed by atoms with van der Waals surface area (Å²) in [6.45, 7) is 12.9. The van der Waals surface area contributed by atoms with E-state index in [4.69, 9.17) is 14.3 Å². The van der Waals surface area contributed by atoms with Crippen LogP contribution in [0.2, 0.25) is 0 Å². The summed E-state index contributed by atoms with van der Waals surface area (Å²) in [5.41, 5.74) is 2.15. The summed E-state index contributed by atoms with van der Waals surface area (Å²) in [5, 5.41) is 7.47. The van der Waals surface area contributed by atoms with Crippen LogP contribution in [0.4, 0.5) is 5.82 Å². The molecule has 4 rings (SSSR count). The normalized spacial score (nSPS) is 20.2. The van der Waals surface area contributed by atoms with Gasteiger partial charge in [-0.05, 0) is 31.5 Å². The van der Waals surface area contributed by atoms with E-state index in [1.54, 1.807) is 6.26 Å². The summed E-state index contributed by atoms with van der Waals surface area (Å²) < 4.78 is 10.6. The van der Waals surface area contributed by atoms with E-state index in [2.05, 4.69) is 56.1 Å². The summed E-state index contributed by atoms with van der Waals surface area (Å²) in [6.07, 6.45) is 3.75. The van der Waals surface area contributed by atoms with Gasteiger partial charge in [0.2, 0.25) is 0 Å². The maximum atomic E-state index is 5.65. The van der Waals surface area contributed by atoms with E-state index in [-0.39, 0.29) is 30.1 Å². The molecule has 9 nitrogen and oxygen atoms in total. The molecule has 2 aromatic heterocycles. The van der Waals surface area contributed by atoms with Gasteiger partial charge >= 0.3 is 0 Å². The number of aliphatic imine (C=N–C) groups is 1. The number of morpholine rings is 1. The molecule has 2 aliphatic heterocycles. The average molecular weight is 555 g/mol. The molecule has 0 bridgehead atoms. The van der Waals surface area contributed by atoms with Crippen molar-refractivity contribution >= 4 is 35.8 Å². The second-order valence-corrected chi connectivity index (χ2v) is 8.07. The van der Waals surface area contributed by atoms with Crippen LogP contribution < -0.4 is 10.2 Å². The molecule has 1 unspecified atom stereocenters. The summed E-state index contributed by atoms with van der Waals surface area (Å²) in [4.78, 5) is 16.5. The summed E-state index contributed by atoms with van der Waals surface area (Å²) in [7, 11) is 0. The van der Waals surface area contributed by atoms with E-state index >= 15 is 0 Å². The van der Waals surface area contributed by atoms with Gasteiger partial charge in [0, 0.05) is 64.6 Å². The molecule has 0 radical (unpaired) electrons. The number of piperazine rings is 1. The third-order valence-corrected chi connectivity index (χ3v) is 5.67. The van der Waals surface area contributed by atoms with E-state index in [1.165, 1.54) is 5.56 Å². The Labute approximate surface area is 207 Å². The van der Waals surface area contributed by atoms with Gasteiger partial charge < -0.3 is 24.4 Å². The minimum atomic E-state index is 0. The van der Waals surface area contributed by atoms with Crippen LogP contribution in [0.1, 0.15) is 25.1 Å². The van der Waals surface area contributed by atoms with Crippen LogP contribution in [0.15, 0.2) is 40.2 Å². The Kier molecular flexibility index (Phi) is 9.54. The number of aromatic nitrogens is 2. The van der Waals surface area contributed by atoms with Gasteiger partial charge in [-0.1, -0.05) is 5.16 Å². The van der Waals surface area contributed by atoms with Crippen molar-refractivity contribution in [2.75, 3.05) is 57.3 Å². The third-order valence-electron chi connectivity index (χ3n) is 5.67. The summed E-state index contributed by atoms with van der Waals surface area (Å²) in [6, 6.07) is 6.13. The van der Waals surface area contributed by atoms with Crippen LogP contribution in [-0.4, -0.2) is 84.4 Å². The van der Waals surface area contributed by atoms with E-state index in [1.807, 2.05) is 12.3 Å². The van der Waals surface area contributed by atoms with Crippen LogP contribution in [0.5, 0.6) is 0 Å². The van der Waals surface area contributed by atoms with Crippen LogP contribution in [0.3, 0.4) is 0 Å². The zero-order chi connectivity index (χ0) is 21.5. The molecule has 2 fully saturated rings. The number of guanidine groups is 1. The predicted octanol–water partition coefficient (Wildman–Crippen LogP) is 2.20. The van der Waals surface area contributed by atoms with E-state index < -0.39 is 0 Å². The van der Waals surface area contributed by atoms with Crippen molar-refractivity contribution in [3.05, 3.63) is 41.9 Å². The van der Waals surface area contributed by atoms with Crippen LogP contribution in [0.25, 0.3) is 0 Å². The first-order chi connectivity index (χ1) is 15.2.